The number of furan rings is 1. The Morgan fingerprint density at radius 3 is 2.67 bits per heavy atom. The van der Waals surface area contributed by atoms with Crippen LogP contribution in [0.4, 0.5) is 0 Å². The number of aryl methyl sites for hydroxylation is 1. The van der Waals surface area contributed by atoms with Gasteiger partial charge >= 0.3 is 0 Å². The van der Waals surface area contributed by atoms with E-state index in [1.807, 2.05) is 19.9 Å². The number of amides is 1. The molecule has 1 aromatic heterocycles. The molecule has 0 radical (unpaired) electrons. The van der Waals surface area contributed by atoms with Crippen molar-refractivity contribution in [3.05, 3.63) is 53.5 Å². The molecule has 1 N–H and O–H groups in total. The molecule has 5 heteroatoms. The summed E-state index contributed by atoms with van der Waals surface area (Å²) in [6.07, 6.45) is 2.41. The van der Waals surface area contributed by atoms with E-state index in [1.165, 1.54) is 6.21 Å². The third kappa shape index (κ3) is 4.49. The number of rotatable bonds is 6. The second-order valence-corrected chi connectivity index (χ2v) is 4.52. The molecule has 2 rings (SSSR count). The second kappa shape index (κ2) is 7.28. The summed E-state index contributed by atoms with van der Waals surface area (Å²) < 4.78 is 10.8. The molecular formula is C16H18N2O3. The predicted octanol–water partition coefficient (Wildman–Crippen LogP) is 3.14. The van der Waals surface area contributed by atoms with Gasteiger partial charge < -0.3 is 9.15 Å². The molecule has 0 atom stereocenters. The Morgan fingerprint density at radius 1 is 1.29 bits per heavy atom. The molecule has 1 aromatic carbocycles. The Morgan fingerprint density at radius 2 is 2.05 bits per heavy atom. The third-order valence-corrected chi connectivity index (χ3v) is 2.71. The van der Waals surface area contributed by atoms with Crippen LogP contribution in [0.25, 0.3) is 0 Å². The zero-order valence-corrected chi connectivity index (χ0v) is 12.1. The Balaban J connectivity index is 1.89. The molecular weight excluding hydrogens is 268 g/mol. The SMILES string of the molecule is CCCOc1ccc(C(=O)N/N=C\c2ccc(C)o2)cc1. The first-order valence-corrected chi connectivity index (χ1v) is 6.81. The van der Waals surface area contributed by atoms with Crippen LogP contribution in [0.5, 0.6) is 5.75 Å². The second-order valence-electron chi connectivity index (χ2n) is 4.52. The van der Waals surface area contributed by atoms with Gasteiger partial charge in [-0.1, -0.05) is 6.92 Å². The number of carbonyl (C=O) groups excluding carboxylic acids is 1. The summed E-state index contributed by atoms with van der Waals surface area (Å²) in [4.78, 5) is 11.9. The molecule has 0 saturated carbocycles. The molecule has 1 heterocycles. The van der Waals surface area contributed by atoms with Crippen LogP contribution in [0.3, 0.4) is 0 Å². The zero-order valence-electron chi connectivity index (χ0n) is 12.1. The number of nitrogens with one attached hydrogen (secondary N) is 1. The highest BCUT2D eigenvalue weighted by molar-refractivity contribution is 5.94. The molecule has 110 valence electrons. The number of benzene rings is 1. The van der Waals surface area contributed by atoms with Gasteiger partial charge in [0.05, 0.1) is 12.8 Å². The number of carbonyl (C=O) groups is 1. The summed E-state index contributed by atoms with van der Waals surface area (Å²) in [5, 5.41) is 3.85. The van der Waals surface area contributed by atoms with Crippen LogP contribution in [-0.2, 0) is 0 Å². The zero-order chi connectivity index (χ0) is 15.1. The van der Waals surface area contributed by atoms with Gasteiger partial charge in [-0.2, -0.15) is 5.10 Å². The van der Waals surface area contributed by atoms with Gasteiger partial charge in [-0.3, -0.25) is 4.79 Å². The Hall–Kier alpha value is -2.56. The Bertz CT molecular complexity index is 615. The average molecular weight is 286 g/mol. The van der Waals surface area contributed by atoms with E-state index in [2.05, 4.69) is 10.5 Å². The minimum atomic E-state index is -0.281. The van der Waals surface area contributed by atoms with Crippen LogP contribution in [-0.4, -0.2) is 18.7 Å². The largest absolute Gasteiger partial charge is 0.494 e. The van der Waals surface area contributed by atoms with Gasteiger partial charge in [-0.25, -0.2) is 5.43 Å². The minimum absolute atomic E-state index is 0.281. The molecule has 0 unspecified atom stereocenters. The number of hydrogen-bond donors (Lipinski definition) is 1. The minimum Gasteiger partial charge on any atom is -0.494 e. The Labute approximate surface area is 123 Å². The monoisotopic (exact) mass is 286 g/mol. The van der Waals surface area contributed by atoms with Crippen LogP contribution in [0.15, 0.2) is 45.9 Å². The van der Waals surface area contributed by atoms with E-state index in [9.17, 15) is 4.79 Å². The van der Waals surface area contributed by atoms with Crippen molar-refractivity contribution in [2.45, 2.75) is 20.3 Å². The van der Waals surface area contributed by atoms with Gasteiger partial charge in [0, 0.05) is 5.56 Å². The maximum absolute atomic E-state index is 11.9. The maximum atomic E-state index is 11.9. The fourth-order valence-corrected chi connectivity index (χ4v) is 1.66. The summed E-state index contributed by atoms with van der Waals surface area (Å²) in [5.74, 6) is 1.86. The summed E-state index contributed by atoms with van der Waals surface area (Å²) in [6.45, 7) is 4.55. The lowest BCUT2D eigenvalue weighted by Gasteiger charge is -2.05. The molecule has 0 saturated heterocycles. The summed E-state index contributed by atoms with van der Waals surface area (Å²) in [7, 11) is 0. The highest BCUT2D eigenvalue weighted by Crippen LogP contribution is 2.12. The van der Waals surface area contributed by atoms with Gasteiger partial charge in [-0.15, -0.1) is 0 Å². The highest BCUT2D eigenvalue weighted by Gasteiger charge is 2.04. The standard InChI is InChI=1S/C16H18N2O3/c1-3-10-20-14-8-5-13(6-9-14)16(19)18-17-11-15-7-4-12(2)21-15/h4-9,11H,3,10H2,1-2H3,(H,18,19)/b17-11-. The molecule has 1 amide bonds. The van der Waals surface area contributed by atoms with Gasteiger partial charge in [0.2, 0.25) is 0 Å². The van der Waals surface area contributed by atoms with Crippen LogP contribution < -0.4 is 10.2 Å². The topological polar surface area (TPSA) is 63.8 Å². The van der Waals surface area contributed by atoms with Crippen LogP contribution in [0.1, 0.15) is 35.2 Å². The van der Waals surface area contributed by atoms with Gasteiger partial charge in [0.25, 0.3) is 5.91 Å². The lowest BCUT2D eigenvalue weighted by Crippen LogP contribution is -2.17. The normalized spacial score (nSPS) is 10.8. The number of nitrogens with zero attached hydrogens (tertiary/aromatic N) is 1. The molecule has 0 aliphatic carbocycles. The van der Waals surface area contributed by atoms with Gasteiger partial charge in [-0.05, 0) is 49.7 Å². The third-order valence-electron chi connectivity index (χ3n) is 2.71. The fourth-order valence-electron chi connectivity index (χ4n) is 1.66. The number of hydrazone groups is 1. The van der Waals surface area contributed by atoms with E-state index in [1.54, 1.807) is 30.3 Å². The number of ether oxygens (including phenoxy) is 1. The van der Waals surface area contributed by atoms with Crippen molar-refractivity contribution in [2.24, 2.45) is 5.10 Å². The summed E-state index contributed by atoms with van der Waals surface area (Å²) >= 11 is 0. The molecule has 0 aliphatic rings. The van der Waals surface area contributed by atoms with E-state index in [0.717, 1.165) is 17.9 Å². The fraction of sp³-hybridized carbons (Fsp3) is 0.250. The summed E-state index contributed by atoms with van der Waals surface area (Å²) in [5.41, 5.74) is 2.97. The first-order chi connectivity index (χ1) is 10.2. The first kappa shape index (κ1) is 14.8. The van der Waals surface area contributed by atoms with E-state index in [-0.39, 0.29) is 5.91 Å². The summed E-state index contributed by atoms with van der Waals surface area (Å²) in [6, 6.07) is 10.6. The van der Waals surface area contributed by atoms with Crippen molar-refractivity contribution in [1.29, 1.82) is 0 Å². The molecule has 0 fully saturated rings. The van der Waals surface area contributed by atoms with Crippen molar-refractivity contribution in [3.63, 3.8) is 0 Å². The molecule has 2 aromatic rings. The van der Waals surface area contributed by atoms with Crippen LogP contribution in [0, 0.1) is 6.92 Å². The molecule has 21 heavy (non-hydrogen) atoms. The first-order valence-electron chi connectivity index (χ1n) is 6.81. The van der Waals surface area contributed by atoms with Crippen molar-refractivity contribution in [3.8, 4) is 5.75 Å². The van der Waals surface area contributed by atoms with E-state index >= 15 is 0 Å². The number of hydrogen-bond acceptors (Lipinski definition) is 4. The highest BCUT2D eigenvalue weighted by atomic mass is 16.5. The van der Waals surface area contributed by atoms with Crippen molar-refractivity contribution >= 4 is 12.1 Å². The predicted molar refractivity (Wildman–Crippen MR) is 80.7 cm³/mol. The van der Waals surface area contributed by atoms with E-state index in [0.29, 0.717) is 17.9 Å². The van der Waals surface area contributed by atoms with Crippen molar-refractivity contribution < 1.29 is 13.9 Å². The van der Waals surface area contributed by atoms with E-state index in [4.69, 9.17) is 9.15 Å². The molecule has 0 bridgehead atoms. The maximum Gasteiger partial charge on any atom is 0.271 e. The molecule has 0 aliphatic heterocycles. The van der Waals surface area contributed by atoms with Gasteiger partial charge in [0.1, 0.15) is 17.3 Å². The quantitative estimate of drug-likeness (QED) is 0.655. The lowest BCUT2D eigenvalue weighted by molar-refractivity contribution is 0.0955. The van der Waals surface area contributed by atoms with Crippen molar-refractivity contribution in [2.75, 3.05) is 6.61 Å². The van der Waals surface area contributed by atoms with Crippen molar-refractivity contribution in [1.82, 2.24) is 5.43 Å². The molecule has 0 spiro atoms. The van der Waals surface area contributed by atoms with Crippen LogP contribution >= 0.6 is 0 Å². The Kier molecular flexibility index (Phi) is 5.15. The smallest absolute Gasteiger partial charge is 0.271 e. The van der Waals surface area contributed by atoms with Crippen LogP contribution in [0.2, 0.25) is 0 Å². The van der Waals surface area contributed by atoms with Gasteiger partial charge in [0.15, 0.2) is 0 Å². The van der Waals surface area contributed by atoms with E-state index < -0.39 is 0 Å². The molecule has 5 nitrogen and oxygen atoms in total. The lowest BCUT2D eigenvalue weighted by atomic mass is 10.2. The average Bonchev–Trinajstić information content (AvgIpc) is 2.91.